The van der Waals surface area contributed by atoms with Crippen LogP contribution in [0.3, 0.4) is 0 Å². The van der Waals surface area contributed by atoms with Crippen molar-refractivity contribution in [1.29, 1.82) is 0 Å². The van der Waals surface area contributed by atoms with Gasteiger partial charge in [-0.1, -0.05) is 23.7 Å². The predicted molar refractivity (Wildman–Crippen MR) is 71.8 cm³/mol. The molecule has 2 aromatic carbocycles. The van der Waals surface area contributed by atoms with Crippen LogP contribution in [0.5, 0.6) is 5.75 Å². The summed E-state index contributed by atoms with van der Waals surface area (Å²) in [5.74, 6) is -0.460. The molecule has 19 heavy (non-hydrogen) atoms. The first-order valence-corrected chi connectivity index (χ1v) is 6.11. The minimum Gasteiger partial charge on any atom is -0.492 e. The average molecular weight is 284 g/mol. The Balaban J connectivity index is 1.81. The van der Waals surface area contributed by atoms with E-state index in [2.05, 4.69) is 5.32 Å². The van der Waals surface area contributed by atoms with E-state index < -0.39 is 5.82 Å². The molecule has 0 aliphatic rings. The highest BCUT2D eigenvalue weighted by atomic mass is 35.5. The van der Waals surface area contributed by atoms with E-state index in [1.807, 2.05) is 0 Å². The van der Waals surface area contributed by atoms with Gasteiger partial charge >= 0.3 is 0 Å². The molecule has 0 saturated heterocycles. The van der Waals surface area contributed by atoms with Crippen molar-refractivity contribution >= 4 is 17.3 Å². The minimum absolute atomic E-state index is 0.0526. The molecule has 100 valence electrons. The van der Waals surface area contributed by atoms with Crippen LogP contribution in [0.25, 0.3) is 0 Å². The molecule has 1 N–H and O–H groups in total. The lowest BCUT2D eigenvalue weighted by Gasteiger charge is -2.09. The van der Waals surface area contributed by atoms with Crippen LogP contribution in [-0.4, -0.2) is 13.2 Å². The highest BCUT2D eigenvalue weighted by Gasteiger charge is 2.02. The summed E-state index contributed by atoms with van der Waals surface area (Å²) >= 11 is 5.55. The molecular weight excluding hydrogens is 272 g/mol. The van der Waals surface area contributed by atoms with E-state index in [1.54, 1.807) is 24.3 Å². The van der Waals surface area contributed by atoms with Crippen molar-refractivity contribution in [2.75, 3.05) is 18.5 Å². The summed E-state index contributed by atoms with van der Waals surface area (Å²) < 4.78 is 31.7. The van der Waals surface area contributed by atoms with Gasteiger partial charge in [0.25, 0.3) is 0 Å². The third-order valence-electron chi connectivity index (χ3n) is 2.45. The first-order valence-electron chi connectivity index (χ1n) is 5.73. The number of anilines is 1. The van der Waals surface area contributed by atoms with Crippen molar-refractivity contribution in [1.82, 2.24) is 0 Å². The smallest absolute Gasteiger partial charge is 0.146 e. The van der Waals surface area contributed by atoms with Crippen molar-refractivity contribution in [2.45, 2.75) is 0 Å². The standard InChI is InChI=1S/C14H12ClF2NO/c15-11-6-5-10(9-13(11)17)19-8-7-18-14-4-2-1-3-12(14)16/h1-6,9,18H,7-8H2. The van der Waals surface area contributed by atoms with Crippen LogP contribution < -0.4 is 10.1 Å². The van der Waals surface area contributed by atoms with E-state index in [9.17, 15) is 8.78 Å². The number of halogens is 3. The van der Waals surface area contributed by atoms with Crippen LogP contribution >= 0.6 is 11.6 Å². The third-order valence-corrected chi connectivity index (χ3v) is 2.76. The number of para-hydroxylation sites is 1. The van der Waals surface area contributed by atoms with Gasteiger partial charge in [-0.3, -0.25) is 0 Å². The summed E-state index contributed by atoms with van der Waals surface area (Å²) in [5, 5.41) is 2.94. The number of benzene rings is 2. The summed E-state index contributed by atoms with van der Waals surface area (Å²) in [5.41, 5.74) is 0.411. The summed E-state index contributed by atoms with van der Waals surface area (Å²) in [4.78, 5) is 0. The molecule has 0 spiro atoms. The normalized spacial score (nSPS) is 10.3. The molecule has 2 rings (SSSR count). The summed E-state index contributed by atoms with van der Waals surface area (Å²) in [6, 6.07) is 10.6. The van der Waals surface area contributed by atoms with Crippen molar-refractivity contribution in [2.24, 2.45) is 0 Å². The van der Waals surface area contributed by atoms with E-state index in [4.69, 9.17) is 16.3 Å². The predicted octanol–water partition coefficient (Wildman–Crippen LogP) is 4.11. The highest BCUT2D eigenvalue weighted by molar-refractivity contribution is 6.30. The summed E-state index contributed by atoms with van der Waals surface area (Å²) in [7, 11) is 0. The van der Waals surface area contributed by atoms with Crippen molar-refractivity contribution < 1.29 is 13.5 Å². The number of hydrogen-bond donors (Lipinski definition) is 1. The zero-order chi connectivity index (χ0) is 13.7. The van der Waals surface area contributed by atoms with Gasteiger partial charge in [0.15, 0.2) is 0 Å². The monoisotopic (exact) mass is 283 g/mol. The van der Waals surface area contributed by atoms with E-state index in [-0.39, 0.29) is 17.4 Å². The number of hydrogen-bond acceptors (Lipinski definition) is 2. The Morgan fingerprint density at radius 2 is 1.84 bits per heavy atom. The molecule has 0 radical (unpaired) electrons. The Hall–Kier alpha value is -1.81. The molecule has 0 bridgehead atoms. The second-order valence-corrected chi connectivity index (χ2v) is 4.24. The van der Waals surface area contributed by atoms with Gasteiger partial charge in [0.1, 0.15) is 24.0 Å². The van der Waals surface area contributed by atoms with Gasteiger partial charge in [-0.2, -0.15) is 0 Å². The Labute approximate surface area is 115 Å². The summed E-state index contributed by atoms with van der Waals surface area (Å²) in [6.07, 6.45) is 0. The van der Waals surface area contributed by atoms with E-state index >= 15 is 0 Å². The van der Waals surface area contributed by atoms with Gasteiger partial charge in [0.2, 0.25) is 0 Å². The van der Waals surface area contributed by atoms with Crippen LogP contribution in [0.2, 0.25) is 5.02 Å². The number of ether oxygens (including phenoxy) is 1. The fraction of sp³-hybridized carbons (Fsp3) is 0.143. The van der Waals surface area contributed by atoms with Crippen molar-refractivity contribution in [3.05, 3.63) is 59.1 Å². The number of rotatable bonds is 5. The van der Waals surface area contributed by atoms with Gasteiger partial charge < -0.3 is 10.1 Å². The maximum absolute atomic E-state index is 13.3. The zero-order valence-electron chi connectivity index (χ0n) is 10.00. The molecule has 2 nitrogen and oxygen atoms in total. The fourth-order valence-electron chi connectivity index (χ4n) is 1.53. The molecule has 0 atom stereocenters. The SMILES string of the molecule is Fc1cc(OCCNc2ccccc2F)ccc1Cl. The van der Waals surface area contributed by atoms with Gasteiger partial charge in [0, 0.05) is 12.6 Å². The van der Waals surface area contributed by atoms with Crippen LogP contribution in [0.1, 0.15) is 0 Å². The lowest BCUT2D eigenvalue weighted by atomic mass is 10.3. The highest BCUT2D eigenvalue weighted by Crippen LogP contribution is 2.20. The van der Waals surface area contributed by atoms with Gasteiger partial charge in [0.05, 0.1) is 10.7 Å². The molecule has 5 heteroatoms. The van der Waals surface area contributed by atoms with Crippen LogP contribution in [0, 0.1) is 11.6 Å². The van der Waals surface area contributed by atoms with E-state index in [1.165, 1.54) is 18.2 Å². The van der Waals surface area contributed by atoms with E-state index in [0.29, 0.717) is 18.0 Å². The minimum atomic E-state index is -0.527. The lowest BCUT2D eigenvalue weighted by molar-refractivity contribution is 0.331. The molecule has 0 heterocycles. The quantitative estimate of drug-likeness (QED) is 0.834. The Morgan fingerprint density at radius 3 is 2.58 bits per heavy atom. The molecule has 0 aliphatic heterocycles. The molecule has 0 saturated carbocycles. The van der Waals surface area contributed by atoms with Crippen molar-refractivity contribution in [3.8, 4) is 5.75 Å². The Bertz CT molecular complexity index is 563. The maximum Gasteiger partial charge on any atom is 0.146 e. The van der Waals surface area contributed by atoms with E-state index in [0.717, 1.165) is 0 Å². The zero-order valence-corrected chi connectivity index (χ0v) is 10.8. The fourth-order valence-corrected chi connectivity index (χ4v) is 1.64. The maximum atomic E-state index is 13.3. The molecule has 0 aromatic heterocycles. The molecule has 0 amide bonds. The average Bonchev–Trinajstić information content (AvgIpc) is 2.40. The van der Waals surface area contributed by atoms with Crippen LogP contribution in [0.4, 0.5) is 14.5 Å². The van der Waals surface area contributed by atoms with Crippen LogP contribution in [-0.2, 0) is 0 Å². The Morgan fingerprint density at radius 1 is 1.05 bits per heavy atom. The lowest BCUT2D eigenvalue weighted by Crippen LogP contribution is -2.12. The Kier molecular flexibility index (Phi) is 4.58. The largest absolute Gasteiger partial charge is 0.492 e. The first-order chi connectivity index (χ1) is 9.16. The second kappa shape index (κ2) is 6.38. The molecule has 0 unspecified atom stereocenters. The topological polar surface area (TPSA) is 21.3 Å². The number of nitrogens with one attached hydrogen (secondary N) is 1. The molecule has 0 fully saturated rings. The second-order valence-electron chi connectivity index (χ2n) is 3.83. The van der Waals surface area contributed by atoms with Crippen molar-refractivity contribution in [3.63, 3.8) is 0 Å². The van der Waals surface area contributed by atoms with Gasteiger partial charge in [-0.25, -0.2) is 8.78 Å². The summed E-state index contributed by atoms with van der Waals surface area (Å²) in [6.45, 7) is 0.695. The molecule has 2 aromatic rings. The molecular formula is C14H12ClF2NO. The molecule has 0 aliphatic carbocycles. The first kappa shape index (κ1) is 13.6. The third kappa shape index (κ3) is 3.83. The van der Waals surface area contributed by atoms with Crippen LogP contribution in [0.15, 0.2) is 42.5 Å². The van der Waals surface area contributed by atoms with Gasteiger partial charge in [-0.15, -0.1) is 0 Å². The van der Waals surface area contributed by atoms with Gasteiger partial charge in [-0.05, 0) is 24.3 Å².